The third-order valence-corrected chi connectivity index (χ3v) is 8.17. The van der Waals surface area contributed by atoms with E-state index in [-0.39, 0.29) is 16.3 Å². The summed E-state index contributed by atoms with van der Waals surface area (Å²) >= 11 is 9.77. The first-order chi connectivity index (χ1) is 15.0. The fourth-order valence-corrected chi connectivity index (χ4v) is 6.22. The summed E-state index contributed by atoms with van der Waals surface area (Å²) in [6.45, 7) is 0. The average Bonchev–Trinajstić information content (AvgIpc) is 3.16. The molecular weight excluding hydrogens is 553 g/mol. The number of hydrogen-bond acceptors (Lipinski definition) is 4. The lowest BCUT2D eigenvalue weighted by atomic mass is 10.1. The number of carbonyl (C=O) groups excluding carboxylic acids is 1. The third-order valence-electron chi connectivity index (χ3n) is 4.25. The number of anilines is 1. The van der Waals surface area contributed by atoms with Crippen LogP contribution in [-0.4, -0.2) is 20.4 Å². The van der Waals surface area contributed by atoms with Crippen molar-refractivity contribution >= 4 is 60.5 Å². The number of nitrogens with one attached hydrogen (secondary N) is 2. The van der Waals surface area contributed by atoms with E-state index in [1.54, 1.807) is 36.4 Å². The van der Waals surface area contributed by atoms with Gasteiger partial charge in [-0.3, -0.25) is 4.79 Å². The van der Waals surface area contributed by atoms with E-state index in [2.05, 4.69) is 26.0 Å². The molecule has 1 heterocycles. The SMILES string of the molecule is O=C(Nc1ccc(Cl)c(C(F)(F)F)c1)C(Cc1ccccc1)NS(=O)(=O)c1ccc(Br)s1. The predicted molar refractivity (Wildman–Crippen MR) is 121 cm³/mol. The molecule has 3 aromatic rings. The van der Waals surface area contributed by atoms with Crippen molar-refractivity contribution < 1.29 is 26.4 Å². The smallest absolute Gasteiger partial charge is 0.325 e. The Morgan fingerprint density at radius 2 is 1.78 bits per heavy atom. The standard InChI is InChI=1S/C20H15BrClF3N2O3S2/c21-17-8-9-18(31-17)32(29,30)27-16(10-12-4-2-1-3-5-12)19(28)26-13-6-7-15(22)14(11-13)20(23,24)25/h1-9,11,16,27H,10H2,(H,26,28). The van der Waals surface area contributed by atoms with Gasteiger partial charge in [0.2, 0.25) is 5.91 Å². The largest absolute Gasteiger partial charge is 0.417 e. The molecule has 0 saturated carbocycles. The molecule has 2 aromatic carbocycles. The van der Waals surface area contributed by atoms with Gasteiger partial charge < -0.3 is 5.32 Å². The molecule has 0 aliphatic rings. The lowest BCUT2D eigenvalue weighted by Gasteiger charge is -2.19. The molecule has 2 N–H and O–H groups in total. The molecule has 0 radical (unpaired) electrons. The molecule has 0 aliphatic carbocycles. The fraction of sp³-hybridized carbons (Fsp3) is 0.150. The summed E-state index contributed by atoms with van der Waals surface area (Å²) in [6, 6.07) is 13.2. The first kappa shape index (κ1) is 24.7. The Labute approximate surface area is 199 Å². The number of amides is 1. The van der Waals surface area contributed by atoms with Crippen LogP contribution in [0.2, 0.25) is 5.02 Å². The summed E-state index contributed by atoms with van der Waals surface area (Å²) in [4.78, 5) is 12.9. The highest BCUT2D eigenvalue weighted by Crippen LogP contribution is 2.36. The number of alkyl halides is 3. The van der Waals surface area contributed by atoms with Crippen molar-refractivity contribution in [3.63, 3.8) is 0 Å². The van der Waals surface area contributed by atoms with Gasteiger partial charge in [0.05, 0.1) is 14.4 Å². The lowest BCUT2D eigenvalue weighted by molar-refractivity contribution is -0.137. The maximum Gasteiger partial charge on any atom is 0.417 e. The Morgan fingerprint density at radius 1 is 1.09 bits per heavy atom. The second-order valence-electron chi connectivity index (χ2n) is 6.60. The van der Waals surface area contributed by atoms with E-state index in [0.717, 1.165) is 17.4 Å². The number of benzene rings is 2. The highest BCUT2D eigenvalue weighted by Gasteiger charge is 2.34. The summed E-state index contributed by atoms with van der Waals surface area (Å²) in [5.74, 6) is -0.816. The summed E-state index contributed by atoms with van der Waals surface area (Å²) < 4.78 is 67.9. The molecule has 0 aliphatic heterocycles. The molecule has 0 spiro atoms. The maximum absolute atomic E-state index is 13.1. The molecule has 170 valence electrons. The van der Waals surface area contributed by atoms with Gasteiger partial charge in [-0.1, -0.05) is 41.9 Å². The van der Waals surface area contributed by atoms with E-state index in [4.69, 9.17) is 11.6 Å². The molecule has 0 bridgehead atoms. The summed E-state index contributed by atoms with van der Waals surface area (Å²) in [5.41, 5.74) is -0.613. The zero-order valence-corrected chi connectivity index (χ0v) is 20.0. The summed E-state index contributed by atoms with van der Waals surface area (Å²) in [7, 11) is -4.06. The second kappa shape index (κ2) is 9.92. The van der Waals surface area contributed by atoms with Crippen LogP contribution >= 0.6 is 38.9 Å². The Morgan fingerprint density at radius 3 is 2.38 bits per heavy atom. The highest BCUT2D eigenvalue weighted by molar-refractivity contribution is 9.11. The number of carbonyl (C=O) groups is 1. The van der Waals surface area contributed by atoms with Gasteiger partial charge in [0.1, 0.15) is 10.3 Å². The van der Waals surface area contributed by atoms with Gasteiger partial charge in [-0.25, -0.2) is 8.42 Å². The molecule has 1 amide bonds. The van der Waals surface area contributed by atoms with Crippen molar-refractivity contribution in [2.24, 2.45) is 0 Å². The minimum atomic E-state index is -4.71. The first-order valence-corrected chi connectivity index (χ1v) is 12.4. The molecule has 12 heteroatoms. The molecule has 5 nitrogen and oxygen atoms in total. The number of hydrogen-bond donors (Lipinski definition) is 2. The van der Waals surface area contributed by atoms with Gasteiger partial charge in [-0.2, -0.15) is 17.9 Å². The normalized spacial score (nSPS) is 13.0. The number of halogens is 5. The highest BCUT2D eigenvalue weighted by atomic mass is 79.9. The van der Waals surface area contributed by atoms with E-state index in [1.165, 1.54) is 12.1 Å². The van der Waals surface area contributed by atoms with Crippen molar-refractivity contribution in [1.82, 2.24) is 4.72 Å². The van der Waals surface area contributed by atoms with E-state index in [0.29, 0.717) is 15.4 Å². The molecule has 32 heavy (non-hydrogen) atoms. The topological polar surface area (TPSA) is 75.3 Å². The first-order valence-electron chi connectivity index (χ1n) is 8.95. The van der Waals surface area contributed by atoms with Crippen LogP contribution in [0.15, 0.2) is 68.7 Å². The average molecular weight is 568 g/mol. The van der Waals surface area contributed by atoms with Crippen molar-refractivity contribution in [3.8, 4) is 0 Å². The van der Waals surface area contributed by atoms with Gasteiger partial charge in [-0.15, -0.1) is 11.3 Å². The van der Waals surface area contributed by atoms with Gasteiger partial charge in [0.25, 0.3) is 10.0 Å². The van der Waals surface area contributed by atoms with Crippen molar-refractivity contribution in [3.05, 3.63) is 80.6 Å². The number of sulfonamides is 1. The van der Waals surface area contributed by atoms with Gasteiger partial charge in [0, 0.05) is 5.69 Å². The Kier molecular flexibility index (Phi) is 7.66. The van der Waals surface area contributed by atoms with E-state index < -0.39 is 38.7 Å². The Balaban J connectivity index is 1.88. The summed E-state index contributed by atoms with van der Waals surface area (Å²) in [5, 5.41) is 1.84. The molecule has 3 rings (SSSR count). The van der Waals surface area contributed by atoms with E-state index >= 15 is 0 Å². The fourth-order valence-electron chi connectivity index (χ4n) is 2.77. The molecule has 0 fully saturated rings. The van der Waals surface area contributed by atoms with Crippen LogP contribution in [0.5, 0.6) is 0 Å². The number of thiophene rings is 1. The van der Waals surface area contributed by atoms with E-state index in [1.807, 2.05) is 0 Å². The van der Waals surface area contributed by atoms with Crippen LogP contribution in [0, 0.1) is 0 Å². The monoisotopic (exact) mass is 566 g/mol. The minimum Gasteiger partial charge on any atom is -0.325 e. The van der Waals surface area contributed by atoms with Gasteiger partial charge in [-0.05, 0) is 58.2 Å². The predicted octanol–water partition coefficient (Wildman–Crippen LogP) is 5.71. The van der Waals surface area contributed by atoms with Crippen LogP contribution in [0.25, 0.3) is 0 Å². The zero-order valence-electron chi connectivity index (χ0n) is 16.0. The minimum absolute atomic E-state index is 0.0129. The maximum atomic E-state index is 13.1. The quantitative estimate of drug-likeness (QED) is 0.384. The third kappa shape index (κ3) is 6.32. The van der Waals surface area contributed by atoms with Crippen LogP contribution in [0.1, 0.15) is 11.1 Å². The number of rotatable bonds is 7. The van der Waals surface area contributed by atoms with Gasteiger partial charge in [0.15, 0.2) is 0 Å². The lowest BCUT2D eigenvalue weighted by Crippen LogP contribution is -2.45. The van der Waals surface area contributed by atoms with Gasteiger partial charge >= 0.3 is 6.18 Å². The molecular formula is C20H15BrClF3N2O3S2. The van der Waals surface area contributed by atoms with E-state index in [9.17, 15) is 26.4 Å². The molecule has 1 unspecified atom stereocenters. The van der Waals surface area contributed by atoms with Crippen LogP contribution in [0.4, 0.5) is 18.9 Å². The molecule has 1 atom stereocenters. The van der Waals surface area contributed by atoms with Crippen molar-refractivity contribution in [2.45, 2.75) is 22.8 Å². The van der Waals surface area contributed by atoms with Crippen LogP contribution < -0.4 is 10.0 Å². The van der Waals surface area contributed by atoms with Crippen LogP contribution in [-0.2, 0) is 27.4 Å². The second-order valence-corrected chi connectivity index (χ2v) is 11.4. The van der Waals surface area contributed by atoms with Crippen molar-refractivity contribution in [1.29, 1.82) is 0 Å². The van der Waals surface area contributed by atoms with Crippen LogP contribution in [0.3, 0.4) is 0 Å². The molecule has 0 saturated heterocycles. The summed E-state index contributed by atoms with van der Waals surface area (Å²) in [6.07, 6.45) is -4.73. The Bertz CT molecular complexity index is 1220. The molecule has 1 aromatic heterocycles. The Hall–Kier alpha value is -1.92. The van der Waals surface area contributed by atoms with Crippen molar-refractivity contribution in [2.75, 3.05) is 5.32 Å². The zero-order chi connectivity index (χ0) is 23.5.